The number of rotatable bonds is 5. The van der Waals surface area contributed by atoms with Gasteiger partial charge in [-0.25, -0.2) is 0 Å². The number of alkyl halides is 3. The second kappa shape index (κ2) is 6.14. The zero-order chi connectivity index (χ0) is 15.6. The zero-order valence-corrected chi connectivity index (χ0v) is 12.3. The molecule has 1 rings (SSSR count). The minimum atomic E-state index is -4.35. The highest BCUT2D eigenvalue weighted by Gasteiger charge is 2.35. The van der Waals surface area contributed by atoms with Crippen LogP contribution in [-0.4, -0.2) is 30.6 Å². The van der Waals surface area contributed by atoms with Crippen LogP contribution in [0.2, 0.25) is 0 Å². The van der Waals surface area contributed by atoms with Gasteiger partial charge in [-0.15, -0.1) is 0 Å². The average Bonchev–Trinajstić information content (AvgIpc) is 2.36. The van der Waals surface area contributed by atoms with Gasteiger partial charge in [0.1, 0.15) is 0 Å². The molecule has 0 aliphatic rings. The third kappa shape index (κ3) is 3.73. The van der Waals surface area contributed by atoms with Crippen LogP contribution in [-0.2, 0) is 11.8 Å². The number of hydrogen-bond acceptors (Lipinski definition) is 2. The highest BCUT2D eigenvalue weighted by atomic mass is 19.4. The summed E-state index contributed by atoms with van der Waals surface area (Å²) in [7, 11) is 3.80. The topological polar surface area (TPSA) is 23.5 Å². The Morgan fingerprint density at radius 1 is 1.10 bits per heavy atom. The molecule has 2 nitrogen and oxygen atoms in total. The highest BCUT2D eigenvalue weighted by Crippen LogP contribution is 2.36. The molecule has 0 saturated heterocycles. The molecule has 0 bridgehead atoms. The maximum absolute atomic E-state index is 12.6. The van der Waals surface area contributed by atoms with Crippen LogP contribution < -0.4 is 0 Å². The molecule has 1 aromatic rings. The van der Waals surface area contributed by atoms with E-state index >= 15 is 0 Å². The number of halogens is 3. The largest absolute Gasteiger partial charge is 0.416 e. The average molecular weight is 289 g/mol. The van der Waals surface area contributed by atoms with Gasteiger partial charge in [-0.2, -0.15) is 13.2 Å². The summed E-state index contributed by atoms with van der Waals surface area (Å²) < 4.78 is 37.7. The lowest BCUT2D eigenvalue weighted by Crippen LogP contribution is -2.38. The Morgan fingerprint density at radius 2 is 1.55 bits per heavy atom. The smallest absolute Gasteiger partial charge is 0.385 e. The van der Waals surface area contributed by atoms with Gasteiger partial charge in [0, 0.05) is 12.5 Å². The maximum atomic E-state index is 12.6. The number of nitrogens with zero attached hydrogens (tertiary/aromatic N) is 1. The van der Waals surface area contributed by atoms with Gasteiger partial charge in [0.15, 0.2) is 0 Å². The van der Waals surface area contributed by atoms with Crippen molar-refractivity contribution in [2.45, 2.75) is 32.0 Å². The Bertz CT molecular complexity index is 428. The molecule has 0 saturated carbocycles. The molecule has 0 radical (unpaired) electrons. The predicted octanol–water partition coefficient (Wildman–Crippen LogP) is 3.50. The Hall–Kier alpha value is -1.07. The molecule has 0 heterocycles. The molecule has 5 heteroatoms. The fraction of sp³-hybridized carbons (Fsp3) is 0.600. The third-order valence-corrected chi connectivity index (χ3v) is 3.71. The molecule has 0 fully saturated rings. The molecule has 0 aromatic heterocycles. The molecule has 1 aromatic carbocycles. The van der Waals surface area contributed by atoms with Crippen molar-refractivity contribution >= 4 is 0 Å². The summed E-state index contributed by atoms with van der Waals surface area (Å²) in [5, 5.41) is 10.8. The number of benzene rings is 1. The van der Waals surface area contributed by atoms with Crippen LogP contribution >= 0.6 is 0 Å². The van der Waals surface area contributed by atoms with Crippen molar-refractivity contribution in [3.05, 3.63) is 35.4 Å². The Labute approximate surface area is 118 Å². The zero-order valence-electron chi connectivity index (χ0n) is 12.3. The quantitative estimate of drug-likeness (QED) is 0.896. The second-order valence-electron chi connectivity index (χ2n) is 5.52. The van der Waals surface area contributed by atoms with E-state index in [1.54, 1.807) is 0 Å². The summed E-state index contributed by atoms with van der Waals surface area (Å²) in [5.74, 6) is -0.0840. The summed E-state index contributed by atoms with van der Waals surface area (Å²) in [6.45, 7) is 4.40. The lowest BCUT2D eigenvalue weighted by molar-refractivity contribution is -0.137. The monoisotopic (exact) mass is 289 g/mol. The molecule has 114 valence electrons. The first-order valence-electron chi connectivity index (χ1n) is 6.66. The van der Waals surface area contributed by atoms with Crippen LogP contribution in [0.4, 0.5) is 13.2 Å². The molecular formula is C15H22F3NO. The van der Waals surface area contributed by atoms with E-state index < -0.39 is 17.3 Å². The van der Waals surface area contributed by atoms with Crippen molar-refractivity contribution in [3.63, 3.8) is 0 Å². The van der Waals surface area contributed by atoms with E-state index in [1.165, 1.54) is 12.1 Å². The first-order chi connectivity index (χ1) is 9.11. The van der Waals surface area contributed by atoms with Gasteiger partial charge < -0.3 is 10.0 Å². The third-order valence-electron chi connectivity index (χ3n) is 3.71. The molecule has 0 aliphatic heterocycles. The van der Waals surface area contributed by atoms with E-state index in [0.29, 0.717) is 18.5 Å². The Morgan fingerprint density at radius 3 is 1.90 bits per heavy atom. The fourth-order valence-electron chi connectivity index (χ4n) is 2.48. The van der Waals surface area contributed by atoms with Gasteiger partial charge in [0.25, 0.3) is 0 Å². The number of hydrogen-bond donors (Lipinski definition) is 1. The van der Waals surface area contributed by atoms with Gasteiger partial charge in [0.2, 0.25) is 0 Å². The van der Waals surface area contributed by atoms with Gasteiger partial charge >= 0.3 is 6.18 Å². The normalized spacial score (nSPS) is 17.1. The maximum Gasteiger partial charge on any atom is 0.416 e. The Balaban J connectivity index is 3.06. The molecule has 0 spiro atoms. The minimum absolute atomic E-state index is 0.0840. The van der Waals surface area contributed by atoms with Gasteiger partial charge in [-0.05, 0) is 38.2 Å². The van der Waals surface area contributed by atoms with E-state index in [4.69, 9.17) is 0 Å². The summed E-state index contributed by atoms with van der Waals surface area (Å²) in [4.78, 5) is 1.95. The molecular weight excluding hydrogens is 267 g/mol. The van der Waals surface area contributed by atoms with Crippen molar-refractivity contribution < 1.29 is 18.3 Å². The minimum Gasteiger partial charge on any atom is -0.385 e. The van der Waals surface area contributed by atoms with Crippen LogP contribution in [0.5, 0.6) is 0 Å². The van der Waals surface area contributed by atoms with Crippen molar-refractivity contribution in [2.24, 2.45) is 5.92 Å². The first kappa shape index (κ1) is 17.0. The molecule has 1 N–H and O–H groups in total. The highest BCUT2D eigenvalue weighted by molar-refractivity contribution is 5.29. The van der Waals surface area contributed by atoms with Crippen LogP contribution in [0.25, 0.3) is 0 Å². The second-order valence-corrected chi connectivity index (χ2v) is 5.52. The molecule has 0 aliphatic carbocycles. The van der Waals surface area contributed by atoms with E-state index in [1.807, 2.05) is 32.8 Å². The van der Waals surface area contributed by atoms with Crippen LogP contribution in [0, 0.1) is 5.92 Å². The van der Waals surface area contributed by atoms with Crippen molar-refractivity contribution in [2.75, 3.05) is 20.6 Å². The van der Waals surface area contributed by atoms with Gasteiger partial charge in [-0.3, -0.25) is 0 Å². The van der Waals surface area contributed by atoms with Crippen molar-refractivity contribution in [1.29, 1.82) is 0 Å². The lowest BCUT2D eigenvalue weighted by atomic mass is 9.79. The van der Waals surface area contributed by atoms with Crippen LogP contribution in [0.1, 0.15) is 31.4 Å². The van der Waals surface area contributed by atoms with Crippen LogP contribution in [0.15, 0.2) is 24.3 Å². The Kier molecular flexibility index (Phi) is 5.21. The van der Waals surface area contributed by atoms with Crippen LogP contribution in [0.3, 0.4) is 0 Å². The summed E-state index contributed by atoms with van der Waals surface area (Å²) in [5.41, 5.74) is -1.28. The molecule has 0 unspecified atom stereocenters. The van der Waals surface area contributed by atoms with E-state index in [2.05, 4.69) is 0 Å². The van der Waals surface area contributed by atoms with E-state index in [9.17, 15) is 18.3 Å². The van der Waals surface area contributed by atoms with Crippen molar-refractivity contribution in [3.8, 4) is 0 Å². The summed E-state index contributed by atoms with van der Waals surface area (Å²) >= 11 is 0. The molecule has 2 atom stereocenters. The SMILES string of the molecule is CC[C@](O)(c1ccc(C(F)(F)F)cc1)[C@H](C)CN(C)C. The molecule has 0 amide bonds. The standard InChI is InChI=1S/C15H22F3NO/c1-5-14(20,11(2)10-19(3)4)12-6-8-13(9-7-12)15(16,17)18/h6-9,11,20H,5,10H2,1-4H3/t11-,14-/m1/s1. The predicted molar refractivity (Wildman–Crippen MR) is 73.3 cm³/mol. The van der Waals surface area contributed by atoms with E-state index in [0.717, 1.165) is 12.1 Å². The summed E-state index contributed by atoms with van der Waals surface area (Å²) in [6.07, 6.45) is -3.90. The lowest BCUT2D eigenvalue weighted by Gasteiger charge is -2.35. The van der Waals surface area contributed by atoms with E-state index in [-0.39, 0.29) is 5.92 Å². The first-order valence-corrected chi connectivity index (χ1v) is 6.66. The van der Waals surface area contributed by atoms with Crippen molar-refractivity contribution in [1.82, 2.24) is 4.90 Å². The number of aliphatic hydroxyl groups is 1. The summed E-state index contributed by atoms with van der Waals surface area (Å²) in [6, 6.07) is 4.80. The fourth-order valence-corrected chi connectivity index (χ4v) is 2.48. The molecule has 20 heavy (non-hydrogen) atoms. The van der Waals surface area contributed by atoms with Gasteiger partial charge in [0.05, 0.1) is 11.2 Å². The van der Waals surface area contributed by atoms with Gasteiger partial charge in [-0.1, -0.05) is 26.0 Å².